The van der Waals surface area contributed by atoms with Gasteiger partial charge < -0.3 is 24.8 Å². The third-order valence-electron chi connectivity index (χ3n) is 4.46. The number of pyridine rings is 1. The van der Waals surface area contributed by atoms with Gasteiger partial charge in [-0.25, -0.2) is 4.98 Å². The third kappa shape index (κ3) is 7.60. The summed E-state index contributed by atoms with van der Waals surface area (Å²) in [7, 11) is 3.37. The van der Waals surface area contributed by atoms with Crippen molar-refractivity contribution < 1.29 is 14.2 Å². The number of hydrogen-bond donors (Lipinski definition) is 2. The average molecular weight is 548 g/mol. The van der Waals surface area contributed by atoms with E-state index in [1.807, 2.05) is 67.6 Å². The summed E-state index contributed by atoms with van der Waals surface area (Å²) in [6.45, 7) is 3.81. The number of halogens is 1. The van der Waals surface area contributed by atoms with Gasteiger partial charge in [-0.2, -0.15) is 0 Å². The lowest BCUT2D eigenvalue weighted by molar-refractivity contribution is 0.336. The summed E-state index contributed by atoms with van der Waals surface area (Å²) in [5.41, 5.74) is 2.09. The molecule has 3 aromatic rings. The van der Waals surface area contributed by atoms with E-state index in [1.54, 1.807) is 20.4 Å². The zero-order chi connectivity index (χ0) is 21.9. The van der Waals surface area contributed by atoms with Gasteiger partial charge in [-0.3, -0.25) is 4.99 Å². The van der Waals surface area contributed by atoms with Gasteiger partial charge in [-0.05, 0) is 30.7 Å². The minimum Gasteiger partial charge on any atom is -0.497 e. The van der Waals surface area contributed by atoms with Crippen LogP contribution in [0.4, 0.5) is 0 Å². The van der Waals surface area contributed by atoms with E-state index in [2.05, 4.69) is 20.6 Å². The molecule has 0 bridgehead atoms. The number of rotatable bonds is 9. The van der Waals surface area contributed by atoms with Crippen molar-refractivity contribution in [3.05, 3.63) is 78.0 Å². The Morgan fingerprint density at radius 2 is 1.75 bits per heavy atom. The van der Waals surface area contributed by atoms with Crippen LogP contribution in [0.2, 0.25) is 0 Å². The van der Waals surface area contributed by atoms with E-state index in [0.29, 0.717) is 37.3 Å². The summed E-state index contributed by atoms with van der Waals surface area (Å²) in [5, 5.41) is 6.60. The second kappa shape index (κ2) is 13.4. The van der Waals surface area contributed by atoms with Crippen LogP contribution in [0.15, 0.2) is 71.9 Å². The molecule has 7 nitrogen and oxygen atoms in total. The van der Waals surface area contributed by atoms with Crippen LogP contribution in [0.25, 0.3) is 0 Å². The highest BCUT2D eigenvalue weighted by Crippen LogP contribution is 2.23. The maximum atomic E-state index is 5.78. The van der Waals surface area contributed by atoms with E-state index in [1.165, 1.54) is 0 Å². The maximum Gasteiger partial charge on any atom is 0.219 e. The Hall–Kier alpha value is -3.01. The number of guanidine groups is 1. The Labute approximate surface area is 206 Å². The molecule has 3 rings (SSSR count). The van der Waals surface area contributed by atoms with Crippen molar-refractivity contribution in [3.8, 4) is 23.1 Å². The van der Waals surface area contributed by atoms with Crippen LogP contribution in [-0.4, -0.2) is 31.7 Å². The molecule has 0 radical (unpaired) electrons. The number of aromatic nitrogens is 1. The van der Waals surface area contributed by atoms with E-state index in [9.17, 15) is 0 Å². The van der Waals surface area contributed by atoms with Crippen LogP contribution in [0, 0.1) is 0 Å². The second-order valence-corrected chi connectivity index (χ2v) is 6.61. The SMILES string of the molecule is CCOc1ccccc1CNC(=NC)NCc1ccc(Oc2cccc(OC)c2)nc1.I. The molecule has 0 saturated heterocycles. The van der Waals surface area contributed by atoms with Gasteiger partial charge in [0, 0.05) is 44.0 Å². The Morgan fingerprint density at radius 1 is 0.969 bits per heavy atom. The van der Waals surface area contributed by atoms with Crippen molar-refractivity contribution >= 4 is 29.9 Å². The lowest BCUT2D eigenvalue weighted by Gasteiger charge is -2.14. The fourth-order valence-electron chi connectivity index (χ4n) is 2.89. The van der Waals surface area contributed by atoms with E-state index >= 15 is 0 Å². The highest BCUT2D eigenvalue weighted by molar-refractivity contribution is 14.0. The van der Waals surface area contributed by atoms with Crippen LogP contribution in [0.1, 0.15) is 18.1 Å². The smallest absolute Gasteiger partial charge is 0.219 e. The van der Waals surface area contributed by atoms with Gasteiger partial charge in [0.25, 0.3) is 0 Å². The number of methoxy groups -OCH3 is 1. The largest absolute Gasteiger partial charge is 0.497 e. The monoisotopic (exact) mass is 548 g/mol. The molecule has 170 valence electrons. The zero-order valence-corrected chi connectivity index (χ0v) is 20.8. The summed E-state index contributed by atoms with van der Waals surface area (Å²) in [4.78, 5) is 8.66. The molecular weight excluding hydrogens is 519 g/mol. The first-order valence-electron chi connectivity index (χ1n) is 10.1. The fraction of sp³-hybridized carbons (Fsp3) is 0.250. The van der Waals surface area contributed by atoms with Crippen molar-refractivity contribution in [2.24, 2.45) is 4.99 Å². The third-order valence-corrected chi connectivity index (χ3v) is 4.46. The summed E-state index contributed by atoms with van der Waals surface area (Å²) in [5.74, 6) is 3.51. The van der Waals surface area contributed by atoms with Crippen molar-refractivity contribution in [1.82, 2.24) is 15.6 Å². The van der Waals surface area contributed by atoms with E-state index in [0.717, 1.165) is 22.6 Å². The molecule has 0 fully saturated rings. The van der Waals surface area contributed by atoms with Crippen molar-refractivity contribution in [3.63, 3.8) is 0 Å². The standard InChI is InChI=1S/C24H28N4O3.HI/c1-4-30-22-11-6-5-8-19(22)17-28-24(25-2)27-16-18-12-13-23(26-15-18)31-21-10-7-9-20(14-21)29-3;/h5-15H,4,16-17H2,1-3H3,(H2,25,27,28);1H. The topological polar surface area (TPSA) is 77.0 Å². The Balaban J connectivity index is 0.00000363. The number of nitrogens with one attached hydrogen (secondary N) is 2. The van der Waals surface area contributed by atoms with Gasteiger partial charge in [0.15, 0.2) is 5.96 Å². The van der Waals surface area contributed by atoms with E-state index < -0.39 is 0 Å². The minimum atomic E-state index is 0. The van der Waals surface area contributed by atoms with Crippen LogP contribution < -0.4 is 24.8 Å². The minimum absolute atomic E-state index is 0. The quantitative estimate of drug-likeness (QED) is 0.228. The average Bonchev–Trinajstić information content (AvgIpc) is 2.81. The Kier molecular flexibility index (Phi) is 10.6. The normalized spacial score (nSPS) is 10.7. The lowest BCUT2D eigenvalue weighted by atomic mass is 10.2. The number of para-hydroxylation sites is 1. The molecule has 0 unspecified atom stereocenters. The van der Waals surface area contributed by atoms with E-state index in [-0.39, 0.29) is 24.0 Å². The van der Waals surface area contributed by atoms with Crippen molar-refractivity contribution in [1.29, 1.82) is 0 Å². The fourth-order valence-corrected chi connectivity index (χ4v) is 2.89. The molecular formula is C24H29IN4O3. The number of benzene rings is 2. The molecule has 0 amide bonds. The predicted octanol–water partition coefficient (Wildman–Crippen LogP) is 4.76. The Bertz CT molecular complexity index is 997. The molecule has 0 aliphatic carbocycles. The zero-order valence-electron chi connectivity index (χ0n) is 18.5. The molecule has 0 spiro atoms. The van der Waals surface area contributed by atoms with Gasteiger partial charge in [0.1, 0.15) is 17.2 Å². The molecule has 0 saturated carbocycles. The molecule has 0 aliphatic heterocycles. The molecule has 0 atom stereocenters. The van der Waals surface area contributed by atoms with Crippen LogP contribution in [0.3, 0.4) is 0 Å². The molecule has 1 aromatic heterocycles. The lowest BCUT2D eigenvalue weighted by Crippen LogP contribution is -2.36. The summed E-state index contributed by atoms with van der Waals surface area (Å²) >= 11 is 0. The highest BCUT2D eigenvalue weighted by Gasteiger charge is 2.05. The highest BCUT2D eigenvalue weighted by atomic mass is 127. The molecule has 32 heavy (non-hydrogen) atoms. The van der Waals surface area contributed by atoms with Crippen LogP contribution in [0.5, 0.6) is 23.1 Å². The molecule has 8 heteroatoms. The van der Waals surface area contributed by atoms with Gasteiger partial charge >= 0.3 is 0 Å². The van der Waals surface area contributed by atoms with E-state index in [4.69, 9.17) is 14.2 Å². The number of ether oxygens (including phenoxy) is 3. The van der Waals surface area contributed by atoms with Crippen molar-refractivity contribution in [2.75, 3.05) is 20.8 Å². The molecule has 2 N–H and O–H groups in total. The van der Waals surface area contributed by atoms with Crippen molar-refractivity contribution in [2.45, 2.75) is 20.0 Å². The summed E-state index contributed by atoms with van der Waals surface area (Å²) < 4.78 is 16.7. The van der Waals surface area contributed by atoms with Crippen LogP contribution >= 0.6 is 24.0 Å². The first kappa shape index (κ1) is 25.3. The summed E-state index contributed by atoms with van der Waals surface area (Å²) in [6, 6.07) is 19.2. The summed E-state index contributed by atoms with van der Waals surface area (Å²) in [6.07, 6.45) is 1.78. The second-order valence-electron chi connectivity index (χ2n) is 6.61. The van der Waals surface area contributed by atoms with Gasteiger partial charge in [-0.1, -0.05) is 30.3 Å². The van der Waals surface area contributed by atoms with Gasteiger partial charge in [-0.15, -0.1) is 24.0 Å². The molecule has 0 aliphatic rings. The molecule has 1 heterocycles. The molecule has 2 aromatic carbocycles. The number of nitrogens with zero attached hydrogens (tertiary/aromatic N) is 2. The first-order valence-corrected chi connectivity index (χ1v) is 10.1. The first-order chi connectivity index (χ1) is 15.2. The Morgan fingerprint density at radius 3 is 2.47 bits per heavy atom. The van der Waals surface area contributed by atoms with Gasteiger partial charge in [0.05, 0.1) is 13.7 Å². The number of hydrogen-bond acceptors (Lipinski definition) is 5. The van der Waals surface area contributed by atoms with Gasteiger partial charge in [0.2, 0.25) is 5.88 Å². The van der Waals surface area contributed by atoms with Crippen LogP contribution in [-0.2, 0) is 13.1 Å². The maximum absolute atomic E-state index is 5.78. The predicted molar refractivity (Wildman–Crippen MR) is 137 cm³/mol. The number of aliphatic imine (C=N–C) groups is 1.